The van der Waals surface area contributed by atoms with Gasteiger partial charge in [-0.1, -0.05) is 0 Å². The van der Waals surface area contributed by atoms with Crippen LogP contribution >= 0.6 is 0 Å². The third-order valence-corrected chi connectivity index (χ3v) is 4.22. The number of hydrogen-bond acceptors (Lipinski definition) is 5. The lowest BCUT2D eigenvalue weighted by molar-refractivity contribution is 0.0903. The molecule has 0 saturated carbocycles. The maximum Gasteiger partial charge on any atom is 0.253 e. The molecule has 0 radical (unpaired) electrons. The van der Waals surface area contributed by atoms with Crippen molar-refractivity contribution >= 4 is 11.6 Å². The van der Waals surface area contributed by atoms with Gasteiger partial charge in [0.05, 0.1) is 37.2 Å². The Balaban J connectivity index is 1.43. The van der Waals surface area contributed by atoms with Crippen LogP contribution < -0.4 is 10.1 Å². The van der Waals surface area contributed by atoms with Gasteiger partial charge in [-0.3, -0.25) is 9.48 Å². The van der Waals surface area contributed by atoms with Crippen molar-refractivity contribution in [3.63, 3.8) is 0 Å². The fraction of sp³-hybridized carbons (Fsp3) is 0.353. The summed E-state index contributed by atoms with van der Waals surface area (Å²) in [7, 11) is 0. The van der Waals surface area contributed by atoms with E-state index in [9.17, 15) is 4.79 Å². The zero-order valence-corrected chi connectivity index (χ0v) is 13.8. The van der Waals surface area contributed by atoms with Crippen molar-refractivity contribution in [2.45, 2.75) is 25.6 Å². The highest BCUT2D eigenvalue weighted by atomic mass is 16.5. The van der Waals surface area contributed by atoms with Gasteiger partial charge >= 0.3 is 0 Å². The van der Waals surface area contributed by atoms with Crippen LogP contribution in [0, 0.1) is 0 Å². The highest BCUT2D eigenvalue weighted by Gasteiger charge is 2.32. The standard InChI is InChI=1S/C17H19N5O3/c1-2-22-9-13(7-19-22)25-15-11-24-10-14(15)20-17(23)12-3-4-16-18-5-6-21(16)8-12/h3-9,14-15H,2,10-11H2,1H3,(H,20,23)/t14-,15+/m0/s1. The molecule has 0 spiro atoms. The summed E-state index contributed by atoms with van der Waals surface area (Å²) in [6, 6.07) is 3.36. The number of rotatable bonds is 5. The number of hydrogen-bond donors (Lipinski definition) is 1. The minimum atomic E-state index is -0.240. The molecule has 1 saturated heterocycles. The topological polar surface area (TPSA) is 82.7 Å². The summed E-state index contributed by atoms with van der Waals surface area (Å²) < 4.78 is 15.0. The summed E-state index contributed by atoms with van der Waals surface area (Å²) >= 11 is 0. The van der Waals surface area contributed by atoms with E-state index in [0.717, 1.165) is 12.2 Å². The molecule has 3 aromatic heterocycles. The molecule has 1 fully saturated rings. The predicted octanol–water partition coefficient (Wildman–Crippen LogP) is 1.13. The van der Waals surface area contributed by atoms with Crippen LogP contribution in [0.4, 0.5) is 0 Å². The van der Waals surface area contributed by atoms with E-state index in [1.165, 1.54) is 0 Å². The zero-order valence-electron chi connectivity index (χ0n) is 13.8. The molecule has 1 aliphatic heterocycles. The monoisotopic (exact) mass is 341 g/mol. The van der Waals surface area contributed by atoms with Gasteiger partial charge in [-0.15, -0.1) is 0 Å². The van der Waals surface area contributed by atoms with Crippen LogP contribution in [0.1, 0.15) is 17.3 Å². The smallest absolute Gasteiger partial charge is 0.253 e. The molecule has 1 amide bonds. The molecule has 1 N–H and O–H groups in total. The molecule has 130 valence electrons. The second kappa shape index (κ2) is 6.56. The summed E-state index contributed by atoms with van der Waals surface area (Å²) in [6.45, 7) is 3.64. The van der Waals surface area contributed by atoms with Gasteiger partial charge in [0.15, 0.2) is 5.75 Å². The lowest BCUT2D eigenvalue weighted by Crippen LogP contribution is -2.45. The number of amides is 1. The molecule has 8 heteroatoms. The number of nitrogens with zero attached hydrogens (tertiary/aromatic N) is 4. The van der Waals surface area contributed by atoms with Gasteiger partial charge in [-0.25, -0.2) is 4.98 Å². The number of ether oxygens (including phenoxy) is 2. The average Bonchev–Trinajstić information content (AvgIpc) is 3.35. The lowest BCUT2D eigenvalue weighted by atomic mass is 10.2. The Morgan fingerprint density at radius 3 is 3.16 bits per heavy atom. The molecule has 0 aliphatic carbocycles. The SMILES string of the molecule is CCn1cc(O[C@@H]2COC[C@@H]2NC(=O)c2ccc3nccn3c2)cn1. The van der Waals surface area contributed by atoms with Crippen molar-refractivity contribution < 1.29 is 14.3 Å². The van der Waals surface area contributed by atoms with Crippen LogP contribution in [0.2, 0.25) is 0 Å². The molecule has 1 aliphatic rings. The summed E-state index contributed by atoms with van der Waals surface area (Å²) in [4.78, 5) is 16.7. The Morgan fingerprint density at radius 2 is 2.32 bits per heavy atom. The van der Waals surface area contributed by atoms with Crippen LogP contribution in [-0.2, 0) is 11.3 Å². The van der Waals surface area contributed by atoms with Crippen LogP contribution in [0.25, 0.3) is 5.65 Å². The number of carbonyl (C=O) groups is 1. The maximum atomic E-state index is 12.5. The highest BCUT2D eigenvalue weighted by molar-refractivity contribution is 5.94. The van der Waals surface area contributed by atoms with Gasteiger partial charge in [-0.05, 0) is 19.1 Å². The molecule has 0 aromatic carbocycles. The third-order valence-electron chi connectivity index (χ3n) is 4.22. The largest absolute Gasteiger partial charge is 0.482 e. The quantitative estimate of drug-likeness (QED) is 0.752. The Bertz CT molecular complexity index is 887. The minimum Gasteiger partial charge on any atom is -0.482 e. The van der Waals surface area contributed by atoms with Crippen molar-refractivity contribution in [2.75, 3.05) is 13.2 Å². The molecule has 3 aromatic rings. The van der Waals surface area contributed by atoms with Crippen LogP contribution in [0.3, 0.4) is 0 Å². The first-order chi connectivity index (χ1) is 12.2. The van der Waals surface area contributed by atoms with E-state index in [1.807, 2.05) is 29.8 Å². The van der Waals surface area contributed by atoms with Gasteiger partial charge in [-0.2, -0.15) is 5.10 Å². The van der Waals surface area contributed by atoms with Gasteiger partial charge in [0, 0.05) is 25.1 Å². The summed E-state index contributed by atoms with van der Waals surface area (Å²) in [5.41, 5.74) is 1.37. The van der Waals surface area contributed by atoms with Crippen molar-refractivity contribution in [1.29, 1.82) is 0 Å². The van der Waals surface area contributed by atoms with E-state index in [-0.39, 0.29) is 18.1 Å². The number of fused-ring (bicyclic) bond motifs is 1. The molecule has 4 rings (SSSR count). The first-order valence-electron chi connectivity index (χ1n) is 8.23. The predicted molar refractivity (Wildman–Crippen MR) is 89.6 cm³/mol. The first kappa shape index (κ1) is 15.6. The van der Waals surface area contributed by atoms with E-state index in [1.54, 1.807) is 29.3 Å². The van der Waals surface area contributed by atoms with E-state index in [2.05, 4.69) is 15.4 Å². The molecule has 4 heterocycles. The van der Waals surface area contributed by atoms with Crippen LogP contribution in [-0.4, -0.2) is 50.4 Å². The fourth-order valence-corrected chi connectivity index (χ4v) is 2.84. The molecule has 2 atom stereocenters. The van der Waals surface area contributed by atoms with Crippen molar-refractivity contribution in [3.05, 3.63) is 48.7 Å². The second-order valence-electron chi connectivity index (χ2n) is 5.92. The first-order valence-corrected chi connectivity index (χ1v) is 8.23. The Hall–Kier alpha value is -2.87. The number of nitrogens with one attached hydrogen (secondary N) is 1. The van der Waals surface area contributed by atoms with Crippen LogP contribution in [0.5, 0.6) is 5.75 Å². The molecule has 0 bridgehead atoms. The molecule has 0 unspecified atom stereocenters. The molecule has 25 heavy (non-hydrogen) atoms. The average molecular weight is 341 g/mol. The van der Waals surface area contributed by atoms with E-state index < -0.39 is 0 Å². The molecule has 8 nitrogen and oxygen atoms in total. The number of pyridine rings is 1. The van der Waals surface area contributed by atoms with Crippen molar-refractivity contribution in [2.24, 2.45) is 0 Å². The lowest BCUT2D eigenvalue weighted by Gasteiger charge is -2.19. The number of aryl methyl sites for hydroxylation is 1. The van der Waals surface area contributed by atoms with Gasteiger partial charge in [0.2, 0.25) is 0 Å². The maximum absolute atomic E-state index is 12.5. The third kappa shape index (κ3) is 3.20. The van der Waals surface area contributed by atoms with Crippen molar-refractivity contribution in [3.8, 4) is 5.75 Å². The van der Waals surface area contributed by atoms with Gasteiger partial charge in [0.25, 0.3) is 5.91 Å². The molecular weight excluding hydrogens is 322 g/mol. The second-order valence-corrected chi connectivity index (χ2v) is 5.92. The summed E-state index contributed by atoms with van der Waals surface area (Å²) in [6.07, 6.45) is 8.53. The fourth-order valence-electron chi connectivity index (χ4n) is 2.84. The van der Waals surface area contributed by atoms with E-state index in [0.29, 0.717) is 24.5 Å². The Kier molecular flexibility index (Phi) is 4.10. The molecular formula is C17H19N5O3. The van der Waals surface area contributed by atoms with E-state index >= 15 is 0 Å². The minimum absolute atomic E-state index is 0.163. The van der Waals surface area contributed by atoms with Crippen molar-refractivity contribution in [1.82, 2.24) is 24.5 Å². The van der Waals surface area contributed by atoms with Gasteiger partial charge in [0.1, 0.15) is 11.8 Å². The van der Waals surface area contributed by atoms with Crippen LogP contribution in [0.15, 0.2) is 43.1 Å². The summed E-state index contributed by atoms with van der Waals surface area (Å²) in [5.74, 6) is 0.514. The number of imidazole rings is 1. The normalized spacial score (nSPS) is 20.0. The van der Waals surface area contributed by atoms with Gasteiger partial charge < -0.3 is 19.2 Å². The summed E-state index contributed by atoms with van der Waals surface area (Å²) in [5, 5.41) is 7.18. The number of carbonyl (C=O) groups excluding carboxylic acids is 1. The Morgan fingerprint density at radius 1 is 1.40 bits per heavy atom. The number of aromatic nitrogens is 4. The Labute approximate surface area is 144 Å². The highest BCUT2D eigenvalue weighted by Crippen LogP contribution is 2.17. The van der Waals surface area contributed by atoms with E-state index in [4.69, 9.17) is 9.47 Å². The zero-order chi connectivity index (χ0) is 17.2.